The molecule has 13 nitrogen and oxygen atoms in total. The third-order valence-corrected chi connectivity index (χ3v) is 4.68. The van der Waals surface area contributed by atoms with Crippen LogP contribution in [0.25, 0.3) is 0 Å². The van der Waals surface area contributed by atoms with Gasteiger partial charge in [0.15, 0.2) is 0 Å². The minimum Gasteiger partial charge on any atom is -0.744 e. The fraction of sp³-hybridized carbons (Fsp3) is 0.273. The molecule has 0 saturated carbocycles. The first kappa shape index (κ1) is 36.3. The van der Waals surface area contributed by atoms with Gasteiger partial charge in [0, 0.05) is 0 Å². The summed E-state index contributed by atoms with van der Waals surface area (Å²) in [6.45, 7) is -0.250. The van der Waals surface area contributed by atoms with Crippen molar-refractivity contribution < 1.29 is 90.9 Å². The maximum absolute atomic E-state index is 11.3. The van der Waals surface area contributed by atoms with E-state index in [1.54, 1.807) is 0 Å². The Kier molecular flexibility index (Phi) is 18.1. The second-order valence-electron chi connectivity index (χ2n) is 6.19. The second kappa shape index (κ2) is 18.4. The summed E-state index contributed by atoms with van der Waals surface area (Å²) in [4.78, 5) is 43.9. The summed E-state index contributed by atoms with van der Waals surface area (Å²) < 4.78 is 50.5. The molecule has 2 rings (SSSR count). The summed E-state index contributed by atoms with van der Waals surface area (Å²) >= 11 is 0. The van der Waals surface area contributed by atoms with Crippen LogP contribution in [0.4, 0.5) is 0 Å². The van der Waals surface area contributed by atoms with Crippen molar-refractivity contribution in [3.63, 3.8) is 0 Å². The zero-order chi connectivity index (χ0) is 27.9. The predicted molar refractivity (Wildman–Crippen MR) is 120 cm³/mol. The van der Waals surface area contributed by atoms with Crippen LogP contribution in [0.3, 0.4) is 0 Å². The van der Waals surface area contributed by atoms with E-state index < -0.39 is 38.9 Å². The molecule has 0 aliphatic rings. The number of hydrogen-bond acceptors (Lipinski definition) is 13. The Morgan fingerprint density at radius 3 is 1.14 bits per heavy atom. The SMILES string of the molecule is COC(=O)c1cc(C(=O)OC)cc(S(=O)(=O)[O-])c1.COC(=O)c1ccc(C(=O)OC)cc1.OCCO.[Na+]. The van der Waals surface area contributed by atoms with Crippen molar-refractivity contribution in [2.75, 3.05) is 41.7 Å². The van der Waals surface area contributed by atoms with Crippen LogP contribution in [0.5, 0.6) is 0 Å². The molecule has 0 unspecified atom stereocenters. The summed E-state index contributed by atoms with van der Waals surface area (Å²) in [6.07, 6.45) is 0. The van der Waals surface area contributed by atoms with Crippen molar-refractivity contribution >= 4 is 34.0 Å². The molecule has 0 amide bonds. The van der Waals surface area contributed by atoms with Gasteiger partial charge in [-0.05, 0) is 42.5 Å². The van der Waals surface area contributed by atoms with E-state index in [4.69, 9.17) is 10.2 Å². The molecule has 0 heterocycles. The van der Waals surface area contributed by atoms with Gasteiger partial charge in [-0.2, -0.15) is 0 Å². The fourth-order valence-electron chi connectivity index (χ4n) is 2.19. The number of carbonyl (C=O) groups is 4. The molecule has 0 aliphatic heterocycles. The fourth-order valence-corrected chi connectivity index (χ4v) is 2.74. The number of aliphatic hydroxyl groups is 2. The van der Waals surface area contributed by atoms with Crippen molar-refractivity contribution in [2.24, 2.45) is 0 Å². The Labute approximate surface area is 235 Å². The molecular formula is C22H25NaO13S. The van der Waals surface area contributed by atoms with Gasteiger partial charge < -0.3 is 33.7 Å². The van der Waals surface area contributed by atoms with E-state index in [2.05, 4.69) is 18.9 Å². The van der Waals surface area contributed by atoms with Crippen molar-refractivity contribution in [3.8, 4) is 0 Å². The molecule has 0 spiro atoms. The van der Waals surface area contributed by atoms with E-state index in [0.717, 1.165) is 32.4 Å². The molecule has 198 valence electrons. The number of methoxy groups -OCH3 is 4. The molecule has 0 saturated heterocycles. The third kappa shape index (κ3) is 12.8. The van der Waals surface area contributed by atoms with Crippen molar-refractivity contribution in [1.82, 2.24) is 0 Å². The van der Waals surface area contributed by atoms with Gasteiger partial charge in [0.1, 0.15) is 10.1 Å². The topological polar surface area (TPSA) is 203 Å². The number of benzene rings is 2. The molecule has 0 aromatic heterocycles. The summed E-state index contributed by atoms with van der Waals surface area (Å²) in [5.74, 6) is -2.60. The summed E-state index contributed by atoms with van der Waals surface area (Å²) in [6, 6.07) is 8.79. The van der Waals surface area contributed by atoms with Gasteiger partial charge in [-0.25, -0.2) is 27.6 Å². The Bertz CT molecular complexity index is 1070. The van der Waals surface area contributed by atoms with Gasteiger partial charge in [-0.3, -0.25) is 0 Å². The predicted octanol–water partition coefficient (Wildman–Crippen LogP) is -2.60. The average molecular weight is 552 g/mol. The van der Waals surface area contributed by atoms with Crippen LogP contribution in [0.2, 0.25) is 0 Å². The second-order valence-corrected chi connectivity index (χ2v) is 7.57. The zero-order valence-electron chi connectivity index (χ0n) is 20.7. The molecule has 0 bridgehead atoms. The Balaban J connectivity index is 0. The van der Waals surface area contributed by atoms with E-state index in [1.807, 2.05) is 0 Å². The minimum absolute atomic E-state index is 0. The van der Waals surface area contributed by atoms with Crippen LogP contribution < -0.4 is 29.6 Å². The molecule has 15 heteroatoms. The first-order valence-corrected chi connectivity index (χ1v) is 11.1. The maximum Gasteiger partial charge on any atom is 1.00 e. The van der Waals surface area contributed by atoms with Gasteiger partial charge >= 0.3 is 53.4 Å². The van der Waals surface area contributed by atoms with Crippen molar-refractivity contribution in [1.29, 1.82) is 0 Å². The zero-order valence-corrected chi connectivity index (χ0v) is 23.6. The summed E-state index contributed by atoms with van der Waals surface area (Å²) in [5.41, 5.74) is 0.352. The van der Waals surface area contributed by atoms with Gasteiger partial charge in [0.25, 0.3) is 0 Å². The van der Waals surface area contributed by atoms with E-state index in [9.17, 15) is 32.1 Å². The summed E-state index contributed by atoms with van der Waals surface area (Å²) in [5, 5.41) is 15.2. The normalized spacial score (nSPS) is 9.59. The first-order valence-electron chi connectivity index (χ1n) is 9.66. The molecule has 37 heavy (non-hydrogen) atoms. The monoisotopic (exact) mass is 552 g/mol. The number of aliphatic hydroxyl groups excluding tert-OH is 2. The number of rotatable bonds is 6. The van der Waals surface area contributed by atoms with Gasteiger partial charge in [-0.1, -0.05) is 0 Å². The Morgan fingerprint density at radius 2 is 0.919 bits per heavy atom. The van der Waals surface area contributed by atoms with Gasteiger partial charge in [-0.15, -0.1) is 0 Å². The Hall–Kier alpha value is -2.85. The molecular weight excluding hydrogens is 527 g/mol. The summed E-state index contributed by atoms with van der Waals surface area (Å²) in [7, 11) is -0.0289. The third-order valence-electron chi connectivity index (χ3n) is 3.86. The molecule has 2 aromatic carbocycles. The Morgan fingerprint density at radius 1 is 0.649 bits per heavy atom. The first-order chi connectivity index (χ1) is 16.9. The van der Waals surface area contributed by atoms with Crippen LogP contribution in [0, 0.1) is 0 Å². The standard InChI is InChI=1S/C10H10O7S.C10H10O4.C2H6O2.Na/c1-16-9(11)6-3-7(10(12)17-2)5-8(4-6)18(13,14)15;1-13-9(11)7-3-5-8(6-4-7)10(12)14-2;3-1-2-4;/h3-5H,1-2H3,(H,13,14,15);3-6H,1-2H3;3-4H,1-2H2;/q;;;+1/p-1. The van der Waals surface area contributed by atoms with Crippen molar-refractivity contribution in [2.45, 2.75) is 4.90 Å². The van der Waals surface area contributed by atoms with Crippen LogP contribution in [0.1, 0.15) is 41.4 Å². The van der Waals surface area contributed by atoms with Crippen molar-refractivity contribution in [3.05, 3.63) is 64.7 Å². The molecule has 0 fully saturated rings. The molecule has 2 N–H and O–H groups in total. The van der Waals surface area contributed by atoms with E-state index in [1.165, 1.54) is 38.5 Å². The van der Waals surface area contributed by atoms with Crippen LogP contribution in [-0.4, -0.2) is 88.7 Å². The smallest absolute Gasteiger partial charge is 0.744 e. The van der Waals surface area contributed by atoms with Crippen LogP contribution >= 0.6 is 0 Å². The average Bonchev–Trinajstić information content (AvgIpc) is 2.90. The largest absolute Gasteiger partial charge is 1.00 e. The van der Waals surface area contributed by atoms with Gasteiger partial charge in [0.2, 0.25) is 0 Å². The molecule has 0 radical (unpaired) electrons. The van der Waals surface area contributed by atoms with Crippen LogP contribution in [0.15, 0.2) is 47.4 Å². The van der Waals surface area contributed by atoms with Crippen LogP contribution in [-0.2, 0) is 29.1 Å². The molecule has 0 atom stereocenters. The number of esters is 4. The van der Waals surface area contributed by atoms with E-state index >= 15 is 0 Å². The quantitative estimate of drug-likeness (QED) is 0.164. The maximum atomic E-state index is 11.3. The number of hydrogen-bond donors (Lipinski definition) is 2. The number of ether oxygens (including phenoxy) is 4. The van der Waals surface area contributed by atoms with E-state index in [0.29, 0.717) is 11.1 Å². The number of carbonyl (C=O) groups excluding carboxylic acids is 4. The van der Waals surface area contributed by atoms with E-state index in [-0.39, 0.29) is 53.9 Å². The van der Waals surface area contributed by atoms with Gasteiger partial charge in [0.05, 0.1) is 68.8 Å². The molecule has 0 aliphatic carbocycles. The molecule has 2 aromatic rings. The minimum atomic E-state index is -4.80.